The highest BCUT2D eigenvalue weighted by atomic mass is 14.0. The van der Waals surface area contributed by atoms with Gasteiger partial charge in [-0.3, -0.25) is 0 Å². The van der Waals surface area contributed by atoms with Crippen LogP contribution in [0.3, 0.4) is 0 Å². The van der Waals surface area contributed by atoms with Crippen molar-refractivity contribution in [3.8, 4) is 0 Å². The smallest absolute Gasteiger partial charge is 0.0175 e. The molecule has 0 aliphatic carbocycles. The van der Waals surface area contributed by atoms with E-state index in [4.69, 9.17) is 0 Å². The van der Waals surface area contributed by atoms with E-state index in [-0.39, 0.29) is 0 Å². The van der Waals surface area contributed by atoms with Gasteiger partial charge in [-0.25, -0.2) is 0 Å². The molecule has 15 heavy (non-hydrogen) atoms. The number of fused-ring (bicyclic) bond motifs is 1. The monoisotopic (exact) mass is 196 g/mol. The quantitative estimate of drug-likeness (QED) is 0.666. The molecule has 0 heteroatoms. The molecule has 0 aliphatic heterocycles. The first-order valence-electron chi connectivity index (χ1n) is 5.49. The van der Waals surface area contributed by atoms with Crippen LogP contribution in [0.25, 0.3) is 16.8 Å². The normalized spacial score (nSPS) is 11.3. The summed E-state index contributed by atoms with van der Waals surface area (Å²) >= 11 is 0. The second kappa shape index (κ2) is 4.31. The van der Waals surface area contributed by atoms with Crippen molar-refractivity contribution < 1.29 is 0 Å². The van der Waals surface area contributed by atoms with Crippen molar-refractivity contribution in [1.29, 1.82) is 0 Å². The molecule has 76 valence electrons. The summed E-state index contributed by atoms with van der Waals surface area (Å²) in [5.41, 5.74) is 2.68. The second-order valence-electron chi connectivity index (χ2n) is 3.79. The Kier molecular flexibility index (Phi) is 2.86. The molecule has 0 saturated heterocycles. The van der Waals surface area contributed by atoms with E-state index >= 15 is 0 Å². The maximum atomic E-state index is 2.28. The minimum Gasteiger partial charge on any atom is -0.0871 e. The first-order valence-corrected chi connectivity index (χ1v) is 5.49. The molecule has 0 bridgehead atoms. The molecule has 0 aliphatic rings. The van der Waals surface area contributed by atoms with E-state index in [0.717, 1.165) is 6.42 Å². The summed E-state index contributed by atoms with van der Waals surface area (Å²) in [6.45, 7) is 4.24. The van der Waals surface area contributed by atoms with E-state index in [1.807, 2.05) is 6.92 Å². The van der Waals surface area contributed by atoms with Crippen molar-refractivity contribution in [3.63, 3.8) is 0 Å². The lowest BCUT2D eigenvalue weighted by Crippen LogP contribution is -1.81. The molecule has 0 heterocycles. The standard InChI is InChI=1S/C15H16/c1-3-5-13-7-9-14-8-6-12(4-2)10-15(14)11-13/h3,5-11H,4H2,1-2H3. The third kappa shape index (κ3) is 2.10. The van der Waals surface area contributed by atoms with Crippen molar-refractivity contribution >= 4 is 16.8 Å². The lowest BCUT2D eigenvalue weighted by Gasteiger charge is -2.02. The molecule has 0 amide bonds. The molecule has 0 aromatic heterocycles. The zero-order chi connectivity index (χ0) is 10.7. The highest BCUT2D eigenvalue weighted by Gasteiger charge is 1.95. The fourth-order valence-corrected chi connectivity index (χ4v) is 1.83. The van der Waals surface area contributed by atoms with Gasteiger partial charge in [0.25, 0.3) is 0 Å². The number of hydrogen-bond donors (Lipinski definition) is 0. The Hall–Kier alpha value is -1.56. The Morgan fingerprint density at radius 1 is 1.00 bits per heavy atom. The summed E-state index contributed by atoms with van der Waals surface area (Å²) in [6, 6.07) is 13.3. The lowest BCUT2D eigenvalue weighted by atomic mass is 10.0. The number of rotatable bonds is 2. The third-order valence-corrected chi connectivity index (χ3v) is 2.70. The maximum absolute atomic E-state index is 2.28. The highest BCUT2D eigenvalue weighted by Crippen LogP contribution is 2.19. The molecule has 0 radical (unpaired) electrons. The molecule has 0 spiro atoms. The van der Waals surface area contributed by atoms with E-state index < -0.39 is 0 Å². The summed E-state index contributed by atoms with van der Waals surface area (Å²) in [5, 5.41) is 2.66. The Bertz CT molecular complexity index is 492. The molecule has 0 atom stereocenters. The highest BCUT2D eigenvalue weighted by molar-refractivity contribution is 5.85. The molecule has 0 fully saturated rings. The van der Waals surface area contributed by atoms with Crippen molar-refractivity contribution in [2.45, 2.75) is 20.3 Å². The maximum Gasteiger partial charge on any atom is -0.0175 e. The minimum absolute atomic E-state index is 1.10. The predicted molar refractivity (Wildman–Crippen MR) is 68.0 cm³/mol. The Labute approximate surface area is 91.2 Å². The lowest BCUT2D eigenvalue weighted by molar-refractivity contribution is 1.15. The van der Waals surface area contributed by atoms with Gasteiger partial charge in [0, 0.05) is 0 Å². The van der Waals surface area contributed by atoms with Gasteiger partial charge in [-0.05, 0) is 41.3 Å². The first kappa shape index (κ1) is 9.97. The molecule has 2 aromatic carbocycles. The van der Waals surface area contributed by atoms with Crippen LogP contribution in [0.15, 0.2) is 42.5 Å². The summed E-state index contributed by atoms with van der Waals surface area (Å²) < 4.78 is 0. The van der Waals surface area contributed by atoms with Gasteiger partial charge in [0.1, 0.15) is 0 Å². The summed E-state index contributed by atoms with van der Waals surface area (Å²) in [4.78, 5) is 0. The second-order valence-corrected chi connectivity index (χ2v) is 3.79. The van der Waals surface area contributed by atoms with Gasteiger partial charge in [-0.15, -0.1) is 0 Å². The number of hydrogen-bond acceptors (Lipinski definition) is 0. The Morgan fingerprint density at radius 3 is 2.53 bits per heavy atom. The number of benzene rings is 2. The predicted octanol–water partition coefficient (Wildman–Crippen LogP) is 4.44. The zero-order valence-corrected chi connectivity index (χ0v) is 9.33. The van der Waals surface area contributed by atoms with Crippen LogP contribution in [0.2, 0.25) is 0 Å². The molecule has 2 aromatic rings. The van der Waals surface area contributed by atoms with Crippen LogP contribution in [0, 0.1) is 0 Å². The molecule has 0 nitrogen and oxygen atoms in total. The van der Waals surface area contributed by atoms with E-state index in [1.54, 1.807) is 0 Å². The minimum atomic E-state index is 1.10. The molecule has 0 N–H and O–H groups in total. The van der Waals surface area contributed by atoms with Crippen LogP contribution >= 0.6 is 0 Å². The van der Waals surface area contributed by atoms with Crippen LogP contribution in [0.5, 0.6) is 0 Å². The van der Waals surface area contributed by atoms with Crippen molar-refractivity contribution in [2.24, 2.45) is 0 Å². The van der Waals surface area contributed by atoms with Crippen LogP contribution in [0.4, 0.5) is 0 Å². The van der Waals surface area contributed by atoms with Gasteiger partial charge in [0.15, 0.2) is 0 Å². The molecular weight excluding hydrogens is 180 g/mol. The molecule has 0 saturated carbocycles. The molecular formula is C15H16. The molecule has 0 unspecified atom stereocenters. The topological polar surface area (TPSA) is 0 Å². The third-order valence-electron chi connectivity index (χ3n) is 2.70. The fraction of sp³-hybridized carbons (Fsp3) is 0.200. The van der Waals surface area contributed by atoms with Crippen LogP contribution in [-0.2, 0) is 6.42 Å². The van der Waals surface area contributed by atoms with E-state index in [9.17, 15) is 0 Å². The van der Waals surface area contributed by atoms with E-state index in [1.165, 1.54) is 21.9 Å². The fourth-order valence-electron chi connectivity index (χ4n) is 1.83. The number of allylic oxidation sites excluding steroid dienone is 1. The average molecular weight is 196 g/mol. The first-order chi connectivity index (χ1) is 7.33. The van der Waals surface area contributed by atoms with E-state index in [2.05, 4.69) is 55.5 Å². The average Bonchev–Trinajstić information content (AvgIpc) is 2.28. The van der Waals surface area contributed by atoms with Gasteiger partial charge in [-0.2, -0.15) is 0 Å². The SMILES string of the molecule is CC=Cc1ccc2ccc(CC)cc2c1. The van der Waals surface area contributed by atoms with Gasteiger partial charge in [-0.1, -0.05) is 49.4 Å². The van der Waals surface area contributed by atoms with Gasteiger partial charge in [0.05, 0.1) is 0 Å². The van der Waals surface area contributed by atoms with Crippen molar-refractivity contribution in [3.05, 3.63) is 53.6 Å². The van der Waals surface area contributed by atoms with Gasteiger partial charge < -0.3 is 0 Å². The summed E-state index contributed by atoms with van der Waals surface area (Å²) in [5.74, 6) is 0. The van der Waals surface area contributed by atoms with Crippen molar-refractivity contribution in [2.75, 3.05) is 0 Å². The zero-order valence-electron chi connectivity index (χ0n) is 9.33. The Balaban J connectivity index is 2.57. The van der Waals surface area contributed by atoms with Crippen LogP contribution in [0.1, 0.15) is 25.0 Å². The van der Waals surface area contributed by atoms with Crippen molar-refractivity contribution in [1.82, 2.24) is 0 Å². The summed E-state index contributed by atoms with van der Waals surface area (Å²) in [7, 11) is 0. The van der Waals surface area contributed by atoms with Crippen LogP contribution < -0.4 is 0 Å². The number of aryl methyl sites for hydroxylation is 1. The van der Waals surface area contributed by atoms with Gasteiger partial charge >= 0.3 is 0 Å². The summed E-state index contributed by atoms with van der Waals surface area (Å²) in [6.07, 6.45) is 5.31. The van der Waals surface area contributed by atoms with E-state index in [0.29, 0.717) is 0 Å². The molecule has 2 rings (SSSR count). The largest absolute Gasteiger partial charge is 0.0871 e. The van der Waals surface area contributed by atoms with Crippen LogP contribution in [-0.4, -0.2) is 0 Å². The Morgan fingerprint density at radius 2 is 1.80 bits per heavy atom. The van der Waals surface area contributed by atoms with Gasteiger partial charge in [0.2, 0.25) is 0 Å².